The minimum Gasteiger partial charge on any atom is -0.497 e. The van der Waals surface area contributed by atoms with Crippen molar-refractivity contribution in [1.29, 1.82) is 0 Å². The fraction of sp³-hybridized carbons (Fsp3) is 0.278. The van der Waals surface area contributed by atoms with Crippen LogP contribution in [0.2, 0.25) is 0 Å². The monoisotopic (exact) mass is 362 g/mol. The summed E-state index contributed by atoms with van der Waals surface area (Å²) in [6.45, 7) is 1.99. The van der Waals surface area contributed by atoms with Gasteiger partial charge >= 0.3 is 0 Å². The first-order chi connectivity index (χ1) is 11.9. The van der Waals surface area contributed by atoms with E-state index < -0.39 is 10.0 Å². The summed E-state index contributed by atoms with van der Waals surface area (Å²) in [5.74, 6) is 0.383. The lowest BCUT2D eigenvalue weighted by Gasteiger charge is -2.09. The van der Waals surface area contributed by atoms with Gasteiger partial charge in [0.1, 0.15) is 5.75 Å². The number of carbonyl (C=O) groups is 1. The van der Waals surface area contributed by atoms with Crippen molar-refractivity contribution in [3.8, 4) is 5.75 Å². The zero-order valence-electron chi connectivity index (χ0n) is 14.3. The number of nitrogens with one attached hydrogen (secondary N) is 2. The number of aryl methyl sites for hydroxylation is 1. The summed E-state index contributed by atoms with van der Waals surface area (Å²) in [5.41, 5.74) is 1.99. The topological polar surface area (TPSA) is 84.5 Å². The van der Waals surface area contributed by atoms with Gasteiger partial charge in [-0.3, -0.25) is 4.79 Å². The zero-order valence-corrected chi connectivity index (χ0v) is 15.1. The van der Waals surface area contributed by atoms with Crippen LogP contribution < -0.4 is 14.8 Å². The van der Waals surface area contributed by atoms with E-state index in [4.69, 9.17) is 4.74 Å². The molecular weight excluding hydrogens is 340 g/mol. The Labute approximate surface area is 148 Å². The van der Waals surface area contributed by atoms with Crippen LogP contribution in [-0.2, 0) is 21.2 Å². The number of rotatable bonds is 8. The van der Waals surface area contributed by atoms with Gasteiger partial charge in [0.15, 0.2) is 0 Å². The van der Waals surface area contributed by atoms with Crippen LogP contribution in [0.3, 0.4) is 0 Å². The summed E-state index contributed by atoms with van der Waals surface area (Å²) in [6.07, 6.45) is 0.633. The average molecular weight is 362 g/mol. The zero-order chi connectivity index (χ0) is 18.3. The molecule has 2 aromatic carbocycles. The van der Waals surface area contributed by atoms with Crippen molar-refractivity contribution < 1.29 is 17.9 Å². The highest BCUT2D eigenvalue weighted by atomic mass is 32.2. The molecule has 2 N–H and O–H groups in total. The van der Waals surface area contributed by atoms with E-state index in [0.29, 0.717) is 13.0 Å². The second-order valence-electron chi connectivity index (χ2n) is 5.59. The molecule has 0 aromatic heterocycles. The van der Waals surface area contributed by atoms with Gasteiger partial charge in [-0.05, 0) is 43.2 Å². The number of carbonyl (C=O) groups excluding carboxylic acids is 1. The SMILES string of the molecule is COc1cccc(CCNC(=O)CNS(=O)(=O)c2ccc(C)cc2)c1. The summed E-state index contributed by atoms with van der Waals surface area (Å²) in [6, 6.07) is 14.0. The van der Waals surface area contributed by atoms with E-state index in [1.165, 1.54) is 12.1 Å². The van der Waals surface area contributed by atoms with Crippen molar-refractivity contribution in [2.24, 2.45) is 0 Å². The Bertz CT molecular complexity index is 817. The smallest absolute Gasteiger partial charge is 0.241 e. The molecule has 0 saturated carbocycles. The second-order valence-corrected chi connectivity index (χ2v) is 7.36. The number of ether oxygens (including phenoxy) is 1. The highest BCUT2D eigenvalue weighted by Gasteiger charge is 2.14. The Balaban J connectivity index is 1.79. The third-order valence-electron chi connectivity index (χ3n) is 3.62. The number of methoxy groups -OCH3 is 1. The predicted octanol–water partition coefficient (Wildman–Crippen LogP) is 1.64. The van der Waals surface area contributed by atoms with E-state index in [0.717, 1.165) is 16.9 Å². The van der Waals surface area contributed by atoms with Crippen LogP contribution in [-0.4, -0.2) is 34.5 Å². The largest absolute Gasteiger partial charge is 0.497 e. The molecule has 0 radical (unpaired) electrons. The highest BCUT2D eigenvalue weighted by Crippen LogP contribution is 2.12. The maximum absolute atomic E-state index is 12.1. The first-order valence-corrected chi connectivity index (χ1v) is 9.35. The van der Waals surface area contributed by atoms with Crippen LogP contribution in [0, 0.1) is 6.92 Å². The molecule has 0 fully saturated rings. The molecule has 0 heterocycles. The van der Waals surface area contributed by atoms with Crippen molar-refractivity contribution in [3.63, 3.8) is 0 Å². The Morgan fingerprint density at radius 2 is 1.84 bits per heavy atom. The Morgan fingerprint density at radius 3 is 2.52 bits per heavy atom. The molecule has 1 amide bonds. The average Bonchev–Trinajstić information content (AvgIpc) is 2.61. The molecule has 0 spiro atoms. The number of sulfonamides is 1. The lowest BCUT2D eigenvalue weighted by Crippen LogP contribution is -2.37. The molecule has 6 nitrogen and oxygen atoms in total. The molecule has 0 aliphatic rings. The Kier molecular flexibility index (Phi) is 6.55. The van der Waals surface area contributed by atoms with Crippen molar-refractivity contribution in [3.05, 3.63) is 59.7 Å². The minimum atomic E-state index is -3.69. The van der Waals surface area contributed by atoms with Crippen LogP contribution in [0.15, 0.2) is 53.4 Å². The molecule has 0 aliphatic carbocycles. The van der Waals surface area contributed by atoms with Gasteiger partial charge in [0, 0.05) is 6.54 Å². The van der Waals surface area contributed by atoms with E-state index in [1.54, 1.807) is 19.2 Å². The molecule has 0 bridgehead atoms. The number of hydrogen-bond acceptors (Lipinski definition) is 4. The van der Waals surface area contributed by atoms with Gasteiger partial charge in [-0.1, -0.05) is 29.8 Å². The van der Waals surface area contributed by atoms with Crippen LogP contribution in [0.4, 0.5) is 0 Å². The highest BCUT2D eigenvalue weighted by molar-refractivity contribution is 7.89. The fourth-order valence-corrected chi connectivity index (χ4v) is 3.18. The maximum atomic E-state index is 12.1. The standard InChI is InChI=1S/C18H22N2O4S/c1-14-6-8-17(9-7-14)25(22,23)20-13-18(21)19-11-10-15-4-3-5-16(12-15)24-2/h3-9,12,20H,10-11,13H2,1-2H3,(H,19,21). The molecule has 0 atom stereocenters. The summed E-state index contributed by atoms with van der Waals surface area (Å²) in [5, 5.41) is 2.70. The summed E-state index contributed by atoms with van der Waals surface area (Å²) < 4.78 is 31.7. The second kappa shape index (κ2) is 8.64. The first kappa shape index (κ1) is 19.0. The third-order valence-corrected chi connectivity index (χ3v) is 5.04. The predicted molar refractivity (Wildman–Crippen MR) is 96.1 cm³/mol. The van der Waals surface area contributed by atoms with E-state index >= 15 is 0 Å². The quantitative estimate of drug-likeness (QED) is 0.748. The van der Waals surface area contributed by atoms with Crippen molar-refractivity contribution in [1.82, 2.24) is 10.0 Å². The van der Waals surface area contributed by atoms with Crippen molar-refractivity contribution in [2.75, 3.05) is 20.2 Å². The lowest BCUT2D eigenvalue weighted by atomic mass is 10.1. The first-order valence-electron chi connectivity index (χ1n) is 7.87. The number of hydrogen-bond donors (Lipinski definition) is 2. The van der Waals surface area contributed by atoms with E-state index in [9.17, 15) is 13.2 Å². The molecule has 2 rings (SSSR count). The van der Waals surface area contributed by atoms with Gasteiger partial charge in [-0.2, -0.15) is 0 Å². The Morgan fingerprint density at radius 1 is 1.12 bits per heavy atom. The molecule has 0 unspecified atom stereocenters. The van der Waals surface area contributed by atoms with Crippen LogP contribution in [0.1, 0.15) is 11.1 Å². The molecule has 25 heavy (non-hydrogen) atoms. The van der Waals surface area contributed by atoms with Gasteiger partial charge in [-0.25, -0.2) is 13.1 Å². The Hall–Kier alpha value is -2.38. The van der Waals surface area contributed by atoms with Gasteiger partial charge in [0.2, 0.25) is 15.9 Å². The van der Waals surface area contributed by atoms with Gasteiger partial charge < -0.3 is 10.1 Å². The summed E-state index contributed by atoms with van der Waals surface area (Å²) >= 11 is 0. The van der Waals surface area contributed by atoms with Gasteiger partial charge in [-0.15, -0.1) is 0 Å². The maximum Gasteiger partial charge on any atom is 0.241 e. The van der Waals surface area contributed by atoms with Crippen LogP contribution >= 0.6 is 0 Å². The van der Waals surface area contributed by atoms with Crippen LogP contribution in [0.25, 0.3) is 0 Å². The number of amides is 1. The van der Waals surface area contributed by atoms with Crippen molar-refractivity contribution >= 4 is 15.9 Å². The van der Waals surface area contributed by atoms with Crippen LogP contribution in [0.5, 0.6) is 5.75 Å². The molecule has 2 aromatic rings. The molecule has 0 aliphatic heterocycles. The summed E-state index contributed by atoms with van der Waals surface area (Å²) in [7, 11) is -2.09. The van der Waals surface area contributed by atoms with Gasteiger partial charge in [0.05, 0.1) is 18.6 Å². The van der Waals surface area contributed by atoms with E-state index in [1.807, 2.05) is 31.2 Å². The molecule has 134 valence electrons. The molecule has 0 saturated heterocycles. The normalized spacial score (nSPS) is 11.1. The van der Waals surface area contributed by atoms with E-state index in [2.05, 4.69) is 10.0 Å². The minimum absolute atomic E-state index is 0.141. The number of benzene rings is 2. The van der Waals surface area contributed by atoms with E-state index in [-0.39, 0.29) is 17.3 Å². The summed E-state index contributed by atoms with van der Waals surface area (Å²) in [4.78, 5) is 12.0. The molecule has 7 heteroatoms. The molecular formula is C18H22N2O4S. The lowest BCUT2D eigenvalue weighted by molar-refractivity contribution is -0.119. The fourth-order valence-electron chi connectivity index (χ4n) is 2.20. The van der Waals surface area contributed by atoms with Gasteiger partial charge in [0.25, 0.3) is 0 Å². The van der Waals surface area contributed by atoms with Crippen molar-refractivity contribution in [2.45, 2.75) is 18.2 Å². The third kappa shape index (κ3) is 5.88.